The Balaban J connectivity index is 1.47. The van der Waals surface area contributed by atoms with Crippen LogP contribution in [0.2, 0.25) is 0 Å². The number of nitrogens with zero attached hydrogens (tertiary/aromatic N) is 3. The Hall–Kier alpha value is -3.20. The summed E-state index contributed by atoms with van der Waals surface area (Å²) in [6.07, 6.45) is 3.33. The highest BCUT2D eigenvalue weighted by Crippen LogP contribution is 2.34. The Morgan fingerprint density at radius 3 is 3.00 bits per heavy atom. The number of furan rings is 1. The predicted molar refractivity (Wildman–Crippen MR) is 104 cm³/mol. The predicted octanol–water partition coefficient (Wildman–Crippen LogP) is 3.57. The highest BCUT2D eigenvalue weighted by molar-refractivity contribution is 8.00. The van der Waals surface area contributed by atoms with Crippen molar-refractivity contribution in [1.29, 1.82) is 0 Å². The molecule has 0 fully saturated rings. The summed E-state index contributed by atoms with van der Waals surface area (Å²) in [5.41, 5.74) is 0.644. The van der Waals surface area contributed by atoms with Gasteiger partial charge in [0.15, 0.2) is 22.4 Å². The van der Waals surface area contributed by atoms with Crippen molar-refractivity contribution in [2.75, 3.05) is 12.1 Å². The SMILES string of the molecule is C=CCn1c(S[C@@H](C)C(=O)Nc2ccc3c(c2)OCO3)nnc1-c1ccco1. The van der Waals surface area contributed by atoms with Gasteiger partial charge in [-0.15, -0.1) is 16.8 Å². The van der Waals surface area contributed by atoms with Crippen LogP contribution < -0.4 is 14.8 Å². The third-order valence-corrected chi connectivity index (χ3v) is 5.14. The van der Waals surface area contributed by atoms with Crippen molar-refractivity contribution in [3.63, 3.8) is 0 Å². The minimum absolute atomic E-state index is 0.156. The lowest BCUT2D eigenvalue weighted by Crippen LogP contribution is -2.23. The van der Waals surface area contributed by atoms with Gasteiger partial charge in [-0.1, -0.05) is 17.8 Å². The first-order valence-electron chi connectivity index (χ1n) is 8.61. The van der Waals surface area contributed by atoms with Crippen molar-refractivity contribution >= 4 is 23.4 Å². The minimum atomic E-state index is -0.400. The standard InChI is InChI=1S/C19H18N4O4S/c1-3-8-23-17(15-5-4-9-25-15)21-22-19(23)28-12(2)18(24)20-13-6-7-14-16(10-13)27-11-26-14/h3-7,9-10,12H,1,8,11H2,2H3,(H,20,24)/t12-/m0/s1. The van der Waals surface area contributed by atoms with Gasteiger partial charge in [0.1, 0.15) is 0 Å². The smallest absolute Gasteiger partial charge is 0.237 e. The third-order valence-electron chi connectivity index (χ3n) is 4.06. The average Bonchev–Trinajstić information content (AvgIpc) is 3.42. The van der Waals surface area contributed by atoms with E-state index in [0.717, 1.165) is 0 Å². The van der Waals surface area contributed by atoms with Crippen LogP contribution in [0.15, 0.2) is 58.8 Å². The monoisotopic (exact) mass is 398 g/mol. The molecule has 1 amide bonds. The number of carbonyl (C=O) groups is 1. The lowest BCUT2D eigenvalue weighted by Gasteiger charge is -2.13. The van der Waals surface area contributed by atoms with Crippen molar-refractivity contribution in [2.24, 2.45) is 0 Å². The van der Waals surface area contributed by atoms with E-state index in [1.54, 1.807) is 36.6 Å². The van der Waals surface area contributed by atoms with Gasteiger partial charge in [0.2, 0.25) is 18.5 Å². The number of rotatable bonds is 7. The number of hydrogen-bond acceptors (Lipinski definition) is 7. The maximum Gasteiger partial charge on any atom is 0.237 e. The molecule has 3 heterocycles. The molecule has 0 spiro atoms. The van der Waals surface area contributed by atoms with E-state index in [4.69, 9.17) is 13.9 Å². The van der Waals surface area contributed by atoms with Crippen molar-refractivity contribution in [2.45, 2.75) is 23.9 Å². The number of carbonyl (C=O) groups excluding carboxylic acids is 1. The van der Waals surface area contributed by atoms with E-state index in [1.807, 2.05) is 17.6 Å². The zero-order valence-corrected chi connectivity index (χ0v) is 15.9. The number of thioether (sulfide) groups is 1. The number of aromatic nitrogens is 3. The van der Waals surface area contributed by atoms with E-state index in [2.05, 4.69) is 22.1 Å². The molecule has 3 aromatic rings. The Morgan fingerprint density at radius 1 is 1.36 bits per heavy atom. The molecule has 28 heavy (non-hydrogen) atoms. The van der Waals surface area contributed by atoms with Gasteiger partial charge < -0.3 is 19.2 Å². The minimum Gasteiger partial charge on any atom is -0.461 e. The normalized spacial score (nSPS) is 13.3. The second-order valence-corrected chi connectivity index (χ2v) is 7.31. The Morgan fingerprint density at radius 2 is 2.21 bits per heavy atom. The second kappa shape index (κ2) is 7.81. The first-order valence-corrected chi connectivity index (χ1v) is 9.49. The highest BCUT2D eigenvalue weighted by atomic mass is 32.2. The molecule has 0 bridgehead atoms. The summed E-state index contributed by atoms with van der Waals surface area (Å²) in [5.74, 6) is 2.33. The van der Waals surface area contributed by atoms with Crippen LogP contribution in [0, 0.1) is 0 Å². The zero-order valence-electron chi connectivity index (χ0n) is 15.1. The molecule has 4 rings (SSSR count). The summed E-state index contributed by atoms with van der Waals surface area (Å²) in [6.45, 7) is 6.28. The molecule has 144 valence electrons. The molecular formula is C19H18N4O4S. The van der Waals surface area contributed by atoms with Crippen LogP contribution >= 0.6 is 11.8 Å². The van der Waals surface area contributed by atoms with Gasteiger partial charge in [-0.25, -0.2) is 0 Å². The summed E-state index contributed by atoms with van der Waals surface area (Å²) in [7, 11) is 0. The molecule has 8 nitrogen and oxygen atoms in total. The van der Waals surface area contributed by atoms with E-state index in [9.17, 15) is 4.79 Å². The summed E-state index contributed by atoms with van der Waals surface area (Å²) in [4.78, 5) is 12.6. The summed E-state index contributed by atoms with van der Waals surface area (Å²) in [5, 5.41) is 11.5. The van der Waals surface area contributed by atoms with Gasteiger partial charge in [0.25, 0.3) is 0 Å². The second-order valence-electron chi connectivity index (χ2n) is 6.00. The molecule has 0 radical (unpaired) electrons. The maximum absolute atomic E-state index is 12.6. The fourth-order valence-corrected chi connectivity index (χ4v) is 3.55. The molecule has 1 aliphatic rings. The van der Waals surface area contributed by atoms with Crippen molar-refractivity contribution < 1.29 is 18.7 Å². The van der Waals surface area contributed by atoms with Gasteiger partial charge in [0.05, 0.1) is 11.5 Å². The molecule has 1 atom stereocenters. The summed E-state index contributed by atoms with van der Waals surface area (Å²) >= 11 is 1.31. The maximum atomic E-state index is 12.6. The zero-order chi connectivity index (χ0) is 19.5. The summed E-state index contributed by atoms with van der Waals surface area (Å²) < 4.78 is 17.9. The van der Waals surface area contributed by atoms with Crippen LogP contribution in [-0.4, -0.2) is 32.7 Å². The number of nitrogens with one attached hydrogen (secondary N) is 1. The molecule has 0 saturated heterocycles. The van der Waals surface area contributed by atoms with Crippen LogP contribution in [0.3, 0.4) is 0 Å². The molecule has 1 aromatic carbocycles. The molecule has 0 aliphatic carbocycles. The Bertz CT molecular complexity index is 1000. The molecule has 0 saturated carbocycles. The number of fused-ring (bicyclic) bond motifs is 1. The van der Waals surface area contributed by atoms with Gasteiger partial charge in [0, 0.05) is 18.3 Å². The van der Waals surface area contributed by atoms with Crippen LogP contribution in [0.1, 0.15) is 6.92 Å². The van der Waals surface area contributed by atoms with E-state index in [-0.39, 0.29) is 12.7 Å². The van der Waals surface area contributed by atoms with E-state index >= 15 is 0 Å². The van der Waals surface area contributed by atoms with Gasteiger partial charge in [-0.3, -0.25) is 9.36 Å². The van der Waals surface area contributed by atoms with Crippen LogP contribution in [0.5, 0.6) is 11.5 Å². The largest absolute Gasteiger partial charge is 0.461 e. The lowest BCUT2D eigenvalue weighted by atomic mass is 10.2. The number of anilines is 1. The topological polar surface area (TPSA) is 91.4 Å². The van der Waals surface area contributed by atoms with Gasteiger partial charge >= 0.3 is 0 Å². The molecule has 9 heteroatoms. The van der Waals surface area contributed by atoms with E-state index in [1.165, 1.54) is 11.8 Å². The molecule has 1 N–H and O–H groups in total. The van der Waals surface area contributed by atoms with Crippen LogP contribution in [0.4, 0.5) is 5.69 Å². The quantitative estimate of drug-likeness (QED) is 0.480. The third kappa shape index (κ3) is 3.61. The van der Waals surface area contributed by atoms with Gasteiger partial charge in [-0.2, -0.15) is 0 Å². The van der Waals surface area contributed by atoms with Crippen LogP contribution in [-0.2, 0) is 11.3 Å². The molecule has 2 aromatic heterocycles. The molecule has 1 aliphatic heterocycles. The number of benzene rings is 1. The highest BCUT2D eigenvalue weighted by Gasteiger charge is 2.22. The van der Waals surface area contributed by atoms with E-state index < -0.39 is 5.25 Å². The fraction of sp³-hybridized carbons (Fsp3) is 0.211. The fourth-order valence-electron chi connectivity index (χ4n) is 2.69. The number of allylic oxidation sites excluding steroid dienone is 1. The Kier molecular flexibility index (Phi) is 5.07. The summed E-state index contributed by atoms with van der Waals surface area (Å²) in [6, 6.07) is 8.89. The van der Waals surface area contributed by atoms with E-state index in [0.29, 0.717) is 40.5 Å². The first-order chi connectivity index (χ1) is 13.7. The van der Waals surface area contributed by atoms with Crippen molar-refractivity contribution in [3.8, 4) is 23.1 Å². The molecule has 0 unspecified atom stereocenters. The van der Waals surface area contributed by atoms with Gasteiger partial charge in [-0.05, 0) is 31.2 Å². The van der Waals surface area contributed by atoms with Crippen molar-refractivity contribution in [1.82, 2.24) is 14.8 Å². The van der Waals surface area contributed by atoms with Crippen molar-refractivity contribution in [3.05, 3.63) is 49.2 Å². The lowest BCUT2D eigenvalue weighted by molar-refractivity contribution is -0.115. The molecular weight excluding hydrogens is 380 g/mol. The number of amides is 1. The number of hydrogen-bond donors (Lipinski definition) is 1. The van der Waals surface area contributed by atoms with Crippen LogP contribution in [0.25, 0.3) is 11.6 Å². The number of ether oxygens (including phenoxy) is 2. The first kappa shape index (κ1) is 18.2. The Labute approximate surface area is 165 Å². The average molecular weight is 398 g/mol.